The third kappa shape index (κ3) is 4.03. The molecule has 1 aromatic carbocycles. The fourth-order valence-corrected chi connectivity index (χ4v) is 4.95. The molecule has 0 saturated heterocycles. The van der Waals surface area contributed by atoms with Crippen LogP contribution in [-0.4, -0.2) is 25.1 Å². The molecule has 0 unspecified atom stereocenters. The number of nitrogens with zero attached hydrogens (tertiary/aromatic N) is 4. The minimum atomic E-state index is -0.466. The molecule has 33 heavy (non-hydrogen) atoms. The van der Waals surface area contributed by atoms with Gasteiger partial charge < -0.3 is 4.74 Å². The Morgan fingerprint density at radius 2 is 1.97 bits per heavy atom. The first kappa shape index (κ1) is 21.4. The number of hydrogen-bond acceptors (Lipinski definition) is 6. The number of rotatable bonds is 5. The number of fused-ring (bicyclic) bond motifs is 2. The molecule has 9 heteroatoms. The highest BCUT2D eigenvalue weighted by molar-refractivity contribution is 7.20. The van der Waals surface area contributed by atoms with E-state index >= 15 is 0 Å². The quantitative estimate of drug-likeness (QED) is 0.340. The number of thiophene rings is 1. The van der Waals surface area contributed by atoms with Gasteiger partial charge in [-0.2, -0.15) is 5.10 Å². The zero-order valence-corrected chi connectivity index (χ0v) is 19.5. The van der Waals surface area contributed by atoms with Crippen molar-refractivity contribution in [3.63, 3.8) is 0 Å². The average molecular weight is 479 g/mol. The van der Waals surface area contributed by atoms with Crippen molar-refractivity contribution in [1.82, 2.24) is 19.2 Å². The van der Waals surface area contributed by atoms with Gasteiger partial charge >= 0.3 is 5.97 Å². The zero-order valence-electron chi connectivity index (χ0n) is 17.9. The van der Waals surface area contributed by atoms with Gasteiger partial charge in [-0.05, 0) is 43.2 Å². The topological polar surface area (TPSA) is 78.5 Å². The molecule has 0 saturated carbocycles. The Balaban J connectivity index is 1.38. The first-order valence-corrected chi connectivity index (χ1v) is 11.5. The Morgan fingerprint density at radius 1 is 1.15 bits per heavy atom. The molecule has 0 aliphatic heterocycles. The van der Waals surface area contributed by atoms with Crippen molar-refractivity contribution in [3.8, 4) is 0 Å². The maximum Gasteiger partial charge on any atom is 0.348 e. The average Bonchev–Trinajstić information content (AvgIpc) is 3.36. The number of ether oxygens (including phenoxy) is 1. The van der Waals surface area contributed by atoms with Crippen LogP contribution in [0.25, 0.3) is 15.9 Å². The van der Waals surface area contributed by atoms with Crippen molar-refractivity contribution >= 4 is 44.8 Å². The van der Waals surface area contributed by atoms with Crippen LogP contribution in [0.3, 0.4) is 0 Å². The number of hydrogen-bond donors (Lipinski definition) is 0. The highest BCUT2D eigenvalue weighted by Gasteiger charge is 2.18. The van der Waals surface area contributed by atoms with Crippen molar-refractivity contribution in [1.29, 1.82) is 0 Å². The lowest BCUT2D eigenvalue weighted by atomic mass is 10.2. The third-order valence-electron chi connectivity index (χ3n) is 5.38. The molecule has 5 rings (SSSR count). The standard InChI is InChI=1S/C24H19ClN4O3S/c1-14-6-5-9-28-21(30)10-17(26-22(14)28)13-32-24(31)20-11-18-15(2)27-29(23(18)33-20)12-16-7-3-4-8-19(16)25/h3-11H,12-13H2,1-2H3. The van der Waals surface area contributed by atoms with Gasteiger partial charge in [-0.25, -0.2) is 9.78 Å². The molecule has 5 aromatic rings. The minimum Gasteiger partial charge on any atom is -0.455 e. The lowest BCUT2D eigenvalue weighted by molar-refractivity contribution is 0.0473. The maximum atomic E-state index is 12.8. The van der Waals surface area contributed by atoms with Gasteiger partial charge in [-0.15, -0.1) is 11.3 Å². The van der Waals surface area contributed by atoms with Crippen LogP contribution in [-0.2, 0) is 17.9 Å². The largest absolute Gasteiger partial charge is 0.455 e. The normalized spacial score (nSPS) is 11.4. The third-order valence-corrected chi connectivity index (χ3v) is 6.87. The molecule has 0 aliphatic carbocycles. The summed E-state index contributed by atoms with van der Waals surface area (Å²) in [5.74, 6) is -0.466. The number of aryl methyl sites for hydroxylation is 2. The Bertz CT molecular complexity index is 1580. The van der Waals surface area contributed by atoms with Gasteiger partial charge in [0, 0.05) is 22.7 Å². The van der Waals surface area contributed by atoms with E-state index in [4.69, 9.17) is 16.3 Å². The highest BCUT2D eigenvalue weighted by Crippen LogP contribution is 2.30. The predicted molar refractivity (Wildman–Crippen MR) is 128 cm³/mol. The number of pyridine rings is 1. The molecular formula is C24H19ClN4O3S. The summed E-state index contributed by atoms with van der Waals surface area (Å²) in [4.78, 5) is 30.9. The number of esters is 1. The van der Waals surface area contributed by atoms with E-state index in [-0.39, 0.29) is 12.2 Å². The van der Waals surface area contributed by atoms with Crippen molar-refractivity contribution in [3.05, 3.63) is 97.5 Å². The molecule has 7 nitrogen and oxygen atoms in total. The Labute approximate surface area is 197 Å². The molecule has 4 aromatic heterocycles. The fourth-order valence-electron chi connectivity index (χ4n) is 3.70. The number of carbonyl (C=O) groups excluding carboxylic acids is 1. The zero-order chi connectivity index (χ0) is 23.1. The molecule has 0 atom stereocenters. The van der Waals surface area contributed by atoms with E-state index in [0.29, 0.717) is 27.8 Å². The second kappa shape index (κ2) is 8.46. The lowest BCUT2D eigenvalue weighted by Gasteiger charge is -2.07. The molecule has 4 heterocycles. The van der Waals surface area contributed by atoms with E-state index in [1.165, 1.54) is 21.8 Å². The van der Waals surface area contributed by atoms with Gasteiger partial charge in [-0.3, -0.25) is 13.9 Å². The van der Waals surface area contributed by atoms with E-state index in [9.17, 15) is 9.59 Å². The van der Waals surface area contributed by atoms with Gasteiger partial charge in [-0.1, -0.05) is 35.9 Å². The van der Waals surface area contributed by atoms with E-state index < -0.39 is 5.97 Å². The van der Waals surface area contributed by atoms with Crippen LogP contribution in [0.5, 0.6) is 0 Å². The summed E-state index contributed by atoms with van der Waals surface area (Å²) >= 11 is 7.62. The van der Waals surface area contributed by atoms with Crippen LogP contribution in [0.1, 0.15) is 32.2 Å². The molecular weight excluding hydrogens is 460 g/mol. The van der Waals surface area contributed by atoms with E-state index in [1.54, 1.807) is 18.3 Å². The number of carbonyl (C=O) groups is 1. The second-order valence-corrected chi connectivity index (χ2v) is 9.15. The molecule has 0 N–H and O–H groups in total. The SMILES string of the molecule is Cc1nn(Cc2ccccc2Cl)c2sc(C(=O)OCc3cc(=O)n4cccc(C)c4n3)cc12. The number of aromatic nitrogens is 4. The maximum absolute atomic E-state index is 12.8. The first-order chi connectivity index (χ1) is 15.9. The summed E-state index contributed by atoms with van der Waals surface area (Å²) in [5.41, 5.74) is 3.38. The molecule has 0 spiro atoms. The summed E-state index contributed by atoms with van der Waals surface area (Å²) in [6.45, 7) is 4.20. The summed E-state index contributed by atoms with van der Waals surface area (Å²) in [6.07, 6.45) is 1.67. The molecule has 0 radical (unpaired) electrons. The monoisotopic (exact) mass is 478 g/mol. The van der Waals surface area contributed by atoms with Crippen LogP contribution in [0.2, 0.25) is 5.02 Å². The Hall–Kier alpha value is -3.49. The molecule has 0 amide bonds. The van der Waals surface area contributed by atoms with Gasteiger partial charge in [0.05, 0.1) is 17.9 Å². The van der Waals surface area contributed by atoms with E-state index in [2.05, 4.69) is 10.1 Å². The van der Waals surface area contributed by atoms with Crippen LogP contribution >= 0.6 is 22.9 Å². The van der Waals surface area contributed by atoms with Gasteiger partial charge in [0.15, 0.2) is 0 Å². The van der Waals surface area contributed by atoms with E-state index in [0.717, 1.165) is 27.0 Å². The molecule has 0 bridgehead atoms. The molecule has 166 valence electrons. The fraction of sp³-hybridized carbons (Fsp3) is 0.167. The first-order valence-electron chi connectivity index (χ1n) is 10.3. The molecule has 0 fully saturated rings. The second-order valence-electron chi connectivity index (χ2n) is 7.71. The summed E-state index contributed by atoms with van der Waals surface area (Å²) in [5, 5.41) is 6.17. The summed E-state index contributed by atoms with van der Waals surface area (Å²) in [6, 6.07) is 14.5. The smallest absolute Gasteiger partial charge is 0.348 e. The highest BCUT2D eigenvalue weighted by atomic mass is 35.5. The van der Waals surface area contributed by atoms with Crippen LogP contribution < -0.4 is 5.56 Å². The van der Waals surface area contributed by atoms with Crippen molar-refractivity contribution in [2.45, 2.75) is 27.0 Å². The minimum absolute atomic E-state index is 0.0854. The van der Waals surface area contributed by atoms with Crippen LogP contribution in [0, 0.1) is 13.8 Å². The summed E-state index contributed by atoms with van der Waals surface area (Å²) in [7, 11) is 0. The number of halogens is 1. The van der Waals surface area contributed by atoms with Crippen molar-refractivity contribution in [2.24, 2.45) is 0 Å². The van der Waals surface area contributed by atoms with Gasteiger partial charge in [0.25, 0.3) is 5.56 Å². The summed E-state index contributed by atoms with van der Waals surface area (Å²) < 4.78 is 8.81. The Morgan fingerprint density at radius 3 is 2.79 bits per heavy atom. The van der Waals surface area contributed by atoms with Crippen LogP contribution in [0.4, 0.5) is 0 Å². The Kier molecular flexibility index (Phi) is 5.47. The van der Waals surface area contributed by atoms with Crippen molar-refractivity contribution < 1.29 is 9.53 Å². The van der Waals surface area contributed by atoms with Crippen LogP contribution in [0.15, 0.2) is 59.5 Å². The molecule has 0 aliphatic rings. The van der Waals surface area contributed by atoms with Crippen molar-refractivity contribution in [2.75, 3.05) is 0 Å². The van der Waals surface area contributed by atoms with Gasteiger partial charge in [0.1, 0.15) is 22.0 Å². The number of benzene rings is 1. The predicted octanol–water partition coefficient (Wildman–Crippen LogP) is 4.78. The van der Waals surface area contributed by atoms with E-state index in [1.807, 2.05) is 48.9 Å². The van der Waals surface area contributed by atoms with Gasteiger partial charge in [0.2, 0.25) is 0 Å². The lowest BCUT2D eigenvalue weighted by Crippen LogP contribution is -2.17.